The number of benzene rings is 1. The minimum Gasteiger partial charge on any atom is -0.465 e. The lowest BCUT2D eigenvalue weighted by Gasteiger charge is -2.38. The SMILES string of the molecule is C=C(C)C(=O)OCCC[Si](CCCOC(=O)C(=C)C)(CCCOC(=O)C(C)(C)C)c1ccc(C2CCC(C3CCC(CCCCC)CC3)CC2)cc1. The Bertz CT molecular complexity index is 1240. The van der Waals surface area contributed by atoms with Gasteiger partial charge in [-0.25, -0.2) is 9.59 Å². The van der Waals surface area contributed by atoms with Crippen LogP contribution >= 0.6 is 0 Å². The zero-order valence-corrected chi connectivity index (χ0v) is 34.8. The van der Waals surface area contributed by atoms with E-state index in [9.17, 15) is 14.4 Å². The zero-order valence-electron chi connectivity index (χ0n) is 33.8. The summed E-state index contributed by atoms with van der Waals surface area (Å²) < 4.78 is 16.8. The first kappa shape index (κ1) is 43.7. The van der Waals surface area contributed by atoms with Gasteiger partial charge in [-0.2, -0.15) is 0 Å². The summed E-state index contributed by atoms with van der Waals surface area (Å²) >= 11 is 0. The van der Waals surface area contributed by atoms with Crippen molar-refractivity contribution in [3.63, 3.8) is 0 Å². The van der Waals surface area contributed by atoms with Crippen LogP contribution in [0.2, 0.25) is 18.1 Å². The van der Waals surface area contributed by atoms with Crippen LogP contribution in [0.15, 0.2) is 48.6 Å². The molecule has 0 bridgehead atoms. The fourth-order valence-electron chi connectivity index (χ4n) is 8.66. The van der Waals surface area contributed by atoms with Crippen molar-refractivity contribution >= 4 is 31.2 Å². The molecule has 1 aromatic rings. The lowest BCUT2D eigenvalue weighted by Crippen LogP contribution is -2.48. The van der Waals surface area contributed by atoms with Crippen molar-refractivity contribution in [3.05, 3.63) is 54.1 Å². The predicted molar refractivity (Wildman–Crippen MR) is 216 cm³/mol. The lowest BCUT2D eigenvalue weighted by atomic mass is 9.68. The van der Waals surface area contributed by atoms with E-state index in [1.165, 1.54) is 87.8 Å². The van der Waals surface area contributed by atoms with Crippen LogP contribution in [-0.4, -0.2) is 45.8 Å². The van der Waals surface area contributed by atoms with Crippen molar-refractivity contribution in [1.29, 1.82) is 0 Å². The molecule has 2 saturated carbocycles. The molecular weight excluding hydrogens is 665 g/mol. The van der Waals surface area contributed by atoms with Crippen LogP contribution in [-0.2, 0) is 28.6 Å². The Morgan fingerprint density at radius 2 is 1.13 bits per heavy atom. The molecule has 0 atom stereocenters. The van der Waals surface area contributed by atoms with Crippen LogP contribution in [0.4, 0.5) is 0 Å². The van der Waals surface area contributed by atoms with Gasteiger partial charge in [0.25, 0.3) is 0 Å². The monoisotopic (exact) mass is 737 g/mol. The third kappa shape index (κ3) is 14.3. The van der Waals surface area contributed by atoms with E-state index in [4.69, 9.17) is 14.2 Å². The summed E-state index contributed by atoms with van der Waals surface area (Å²) in [4.78, 5) is 36.9. The molecule has 3 rings (SSSR count). The maximum atomic E-state index is 12.6. The van der Waals surface area contributed by atoms with E-state index in [0.717, 1.165) is 55.1 Å². The van der Waals surface area contributed by atoms with Gasteiger partial charge in [-0.15, -0.1) is 0 Å². The van der Waals surface area contributed by atoms with Gasteiger partial charge in [0, 0.05) is 11.1 Å². The van der Waals surface area contributed by atoms with E-state index >= 15 is 0 Å². The quantitative estimate of drug-likeness (QED) is 0.0411. The topological polar surface area (TPSA) is 78.9 Å². The van der Waals surface area contributed by atoms with E-state index in [-0.39, 0.29) is 17.9 Å². The standard InChI is InChI=1S/C45H72O6Si/c1-9-10-11-15-36-16-18-37(19-17-36)38-20-22-39(23-21-38)40-24-26-41(27-25-40)52(31-12-28-49-42(46)34(2)3,32-13-29-50-43(47)35(4)5)33-14-30-51-44(48)45(6,7)8/h24-27,36-39H,2,4,9-23,28-33H2,1,3,5-8H3. The number of rotatable bonds is 21. The molecule has 0 radical (unpaired) electrons. The molecule has 292 valence electrons. The zero-order chi connectivity index (χ0) is 38.1. The molecule has 2 aliphatic carbocycles. The van der Waals surface area contributed by atoms with E-state index in [1.807, 2.05) is 20.8 Å². The fraction of sp³-hybridized carbons (Fsp3) is 0.711. The molecule has 0 N–H and O–H groups in total. The number of carbonyl (C=O) groups is 3. The van der Waals surface area contributed by atoms with Gasteiger partial charge in [-0.3, -0.25) is 4.79 Å². The summed E-state index contributed by atoms with van der Waals surface area (Å²) in [5.74, 6) is 2.52. The maximum Gasteiger partial charge on any atom is 0.333 e. The Hall–Kier alpha value is -2.67. The molecule has 6 nitrogen and oxygen atoms in total. The van der Waals surface area contributed by atoms with Crippen LogP contribution < -0.4 is 5.19 Å². The molecule has 52 heavy (non-hydrogen) atoms. The molecule has 2 fully saturated rings. The molecule has 7 heteroatoms. The number of hydrogen-bond donors (Lipinski definition) is 0. The number of unbranched alkanes of at least 4 members (excludes halogenated alkanes) is 2. The van der Waals surface area contributed by atoms with E-state index in [1.54, 1.807) is 13.8 Å². The number of esters is 3. The van der Waals surface area contributed by atoms with Gasteiger partial charge >= 0.3 is 17.9 Å². The van der Waals surface area contributed by atoms with Crippen molar-refractivity contribution in [2.75, 3.05) is 19.8 Å². The van der Waals surface area contributed by atoms with E-state index in [0.29, 0.717) is 36.9 Å². The van der Waals surface area contributed by atoms with Gasteiger partial charge in [-0.05, 0) is 140 Å². The third-order valence-electron chi connectivity index (χ3n) is 11.9. The van der Waals surface area contributed by atoms with Gasteiger partial charge in [0.1, 0.15) is 0 Å². The summed E-state index contributed by atoms with van der Waals surface area (Å²) in [7, 11) is -2.23. The van der Waals surface area contributed by atoms with E-state index in [2.05, 4.69) is 44.3 Å². The van der Waals surface area contributed by atoms with Crippen LogP contribution in [0.1, 0.15) is 149 Å². The molecule has 0 heterocycles. The third-order valence-corrected chi connectivity index (χ3v) is 17.4. The number of carbonyl (C=O) groups excluding carboxylic acids is 3. The lowest BCUT2D eigenvalue weighted by molar-refractivity contribution is -0.153. The second-order valence-electron chi connectivity index (χ2n) is 17.3. The second-order valence-corrected chi connectivity index (χ2v) is 22.0. The molecule has 0 saturated heterocycles. The Morgan fingerprint density at radius 1 is 0.673 bits per heavy atom. The maximum absolute atomic E-state index is 12.6. The Kier molecular flexibility index (Phi) is 18.4. The average Bonchev–Trinajstić information content (AvgIpc) is 3.13. The van der Waals surface area contributed by atoms with E-state index < -0.39 is 13.5 Å². The van der Waals surface area contributed by atoms with Gasteiger partial charge in [-0.1, -0.05) is 88.1 Å². The molecule has 2 aliphatic rings. The largest absolute Gasteiger partial charge is 0.465 e. The predicted octanol–water partition coefficient (Wildman–Crippen LogP) is 11.0. The molecular formula is C45H72O6Si. The first-order valence-electron chi connectivity index (χ1n) is 20.7. The Morgan fingerprint density at radius 3 is 1.58 bits per heavy atom. The minimum absolute atomic E-state index is 0.188. The number of hydrogen-bond acceptors (Lipinski definition) is 6. The fourth-order valence-corrected chi connectivity index (χ4v) is 13.6. The normalized spacial score (nSPS) is 20.9. The van der Waals surface area contributed by atoms with Gasteiger partial charge < -0.3 is 14.2 Å². The highest BCUT2D eigenvalue weighted by Crippen LogP contribution is 2.44. The van der Waals surface area contributed by atoms with Crippen molar-refractivity contribution in [1.82, 2.24) is 0 Å². The summed E-state index contributed by atoms with van der Waals surface area (Å²) in [6, 6.07) is 12.3. The second kappa shape index (κ2) is 21.9. The summed E-state index contributed by atoms with van der Waals surface area (Å²) in [5, 5.41) is 1.38. The van der Waals surface area contributed by atoms with Gasteiger partial charge in [0.15, 0.2) is 0 Å². The summed E-state index contributed by atoms with van der Waals surface area (Å²) in [6.45, 7) is 19.8. The molecule has 0 unspecified atom stereocenters. The smallest absolute Gasteiger partial charge is 0.333 e. The molecule has 1 aromatic carbocycles. The average molecular weight is 737 g/mol. The number of ether oxygens (including phenoxy) is 3. The Labute approximate surface area is 317 Å². The Balaban J connectivity index is 1.71. The van der Waals surface area contributed by atoms with Crippen molar-refractivity contribution in [3.8, 4) is 0 Å². The highest BCUT2D eigenvalue weighted by molar-refractivity contribution is 6.91. The van der Waals surface area contributed by atoms with Gasteiger partial charge in [0.2, 0.25) is 0 Å². The molecule has 0 amide bonds. The molecule has 0 spiro atoms. The highest BCUT2D eigenvalue weighted by Gasteiger charge is 2.36. The van der Waals surface area contributed by atoms with Crippen molar-refractivity contribution in [2.24, 2.45) is 23.2 Å². The van der Waals surface area contributed by atoms with Crippen LogP contribution in [0.5, 0.6) is 0 Å². The van der Waals surface area contributed by atoms with Crippen molar-refractivity contribution < 1.29 is 28.6 Å². The summed E-state index contributed by atoms with van der Waals surface area (Å²) in [5.41, 5.74) is 1.71. The van der Waals surface area contributed by atoms with Crippen LogP contribution in [0.3, 0.4) is 0 Å². The van der Waals surface area contributed by atoms with Crippen LogP contribution in [0, 0.1) is 23.2 Å². The first-order chi connectivity index (χ1) is 24.8. The van der Waals surface area contributed by atoms with Gasteiger partial charge in [0.05, 0.1) is 33.3 Å². The first-order valence-corrected chi connectivity index (χ1v) is 23.3. The summed E-state index contributed by atoms with van der Waals surface area (Å²) in [6.07, 6.45) is 18.9. The highest BCUT2D eigenvalue weighted by atomic mass is 28.3. The minimum atomic E-state index is -2.23. The molecule has 0 aromatic heterocycles. The molecule has 0 aliphatic heterocycles. The van der Waals surface area contributed by atoms with Crippen molar-refractivity contribution in [2.45, 2.75) is 162 Å². The van der Waals surface area contributed by atoms with Crippen LogP contribution in [0.25, 0.3) is 0 Å².